The Hall–Kier alpha value is -3.07. The highest BCUT2D eigenvalue weighted by Crippen LogP contribution is 2.61. The molecule has 5 nitrogen and oxygen atoms in total. The standard InChI is InChI=1S/C27H28F4N2O3/c1-16-9-23(35-2)21(19-5-7-32-24(16)19)12-33-8-6-26(13-27(30,31)14-26)11-22(33)18-4-3-17(36-15-34)10-20(18)25(28)29/h3-5,7,9-10,15,22,25,32H,6,8,11-14H2,1-2H3/t22-/m0/s1. The molecule has 9 heteroatoms. The van der Waals surface area contributed by atoms with Crippen LogP contribution in [0.3, 0.4) is 0 Å². The fourth-order valence-electron chi connectivity index (χ4n) is 6.20. The molecule has 0 radical (unpaired) electrons. The van der Waals surface area contributed by atoms with E-state index in [2.05, 4.69) is 9.88 Å². The number of rotatable bonds is 7. The first-order valence-electron chi connectivity index (χ1n) is 11.9. The summed E-state index contributed by atoms with van der Waals surface area (Å²) in [6, 6.07) is 7.57. The molecular weight excluding hydrogens is 476 g/mol. The van der Waals surface area contributed by atoms with E-state index in [0.717, 1.165) is 22.0 Å². The van der Waals surface area contributed by atoms with Gasteiger partial charge >= 0.3 is 0 Å². The van der Waals surface area contributed by atoms with Crippen LogP contribution in [0.15, 0.2) is 36.5 Å². The van der Waals surface area contributed by atoms with Gasteiger partial charge in [0.15, 0.2) is 0 Å². The van der Waals surface area contributed by atoms with Crippen molar-refractivity contribution in [3.8, 4) is 11.5 Å². The van der Waals surface area contributed by atoms with Crippen LogP contribution in [-0.2, 0) is 11.3 Å². The lowest BCUT2D eigenvalue weighted by Crippen LogP contribution is -2.53. The van der Waals surface area contributed by atoms with Crippen LogP contribution in [-0.4, -0.2) is 35.9 Å². The van der Waals surface area contributed by atoms with Crippen molar-refractivity contribution in [1.29, 1.82) is 0 Å². The second kappa shape index (κ2) is 9.10. The summed E-state index contributed by atoms with van der Waals surface area (Å²) in [5.74, 6) is -2.00. The number of H-pyrrole nitrogens is 1. The molecule has 1 aliphatic carbocycles. The molecule has 5 rings (SSSR count). The maximum absolute atomic E-state index is 14.2. The van der Waals surface area contributed by atoms with Gasteiger partial charge < -0.3 is 14.5 Å². The second-order valence-electron chi connectivity index (χ2n) is 10.1. The van der Waals surface area contributed by atoms with Gasteiger partial charge in [-0.1, -0.05) is 6.07 Å². The number of fused-ring (bicyclic) bond motifs is 1. The van der Waals surface area contributed by atoms with Gasteiger partial charge in [0, 0.05) is 53.7 Å². The summed E-state index contributed by atoms with van der Waals surface area (Å²) in [6.07, 6.45) is -0.503. The van der Waals surface area contributed by atoms with Crippen molar-refractivity contribution in [3.05, 3.63) is 58.8 Å². The Morgan fingerprint density at radius 3 is 2.67 bits per heavy atom. The number of hydrogen-bond donors (Lipinski definition) is 1. The van der Waals surface area contributed by atoms with Gasteiger partial charge in [-0.2, -0.15) is 0 Å². The van der Waals surface area contributed by atoms with E-state index in [1.54, 1.807) is 7.11 Å². The van der Waals surface area contributed by atoms with Gasteiger partial charge in [-0.3, -0.25) is 9.69 Å². The van der Waals surface area contributed by atoms with E-state index in [9.17, 15) is 22.4 Å². The minimum Gasteiger partial charge on any atom is -0.496 e. The fourth-order valence-corrected chi connectivity index (χ4v) is 6.20. The Morgan fingerprint density at radius 1 is 1.22 bits per heavy atom. The SMILES string of the molecule is COc1cc(C)c2[nH]ccc2c1CN1CCC2(C[C@H]1c1ccc(OC=O)cc1C(F)F)CC(F)(F)C2. The zero-order valence-corrected chi connectivity index (χ0v) is 20.1. The number of nitrogens with zero attached hydrogens (tertiary/aromatic N) is 1. The molecule has 1 saturated heterocycles. The lowest BCUT2D eigenvalue weighted by Gasteiger charge is -2.55. The summed E-state index contributed by atoms with van der Waals surface area (Å²) in [6.45, 7) is 3.06. The topological polar surface area (TPSA) is 54.6 Å². The molecule has 2 fully saturated rings. The number of aryl methyl sites for hydroxylation is 1. The quantitative estimate of drug-likeness (QED) is 0.287. The third-order valence-electron chi connectivity index (χ3n) is 7.79. The molecule has 1 saturated carbocycles. The van der Waals surface area contributed by atoms with E-state index in [0.29, 0.717) is 37.2 Å². The third kappa shape index (κ3) is 4.34. The Balaban J connectivity index is 1.56. The number of piperidine rings is 1. The third-order valence-corrected chi connectivity index (χ3v) is 7.79. The minimum atomic E-state index is -2.82. The monoisotopic (exact) mass is 504 g/mol. The summed E-state index contributed by atoms with van der Waals surface area (Å²) in [5, 5.41) is 0.977. The maximum atomic E-state index is 14.2. The number of carbonyl (C=O) groups is 1. The largest absolute Gasteiger partial charge is 0.496 e. The van der Waals surface area contributed by atoms with Gasteiger partial charge in [0.2, 0.25) is 5.92 Å². The molecule has 0 bridgehead atoms. The highest BCUT2D eigenvalue weighted by molar-refractivity contribution is 5.88. The first-order valence-corrected chi connectivity index (χ1v) is 11.9. The van der Waals surface area contributed by atoms with Gasteiger partial charge in [0.1, 0.15) is 11.5 Å². The van der Waals surface area contributed by atoms with Crippen LogP contribution in [0.4, 0.5) is 17.6 Å². The van der Waals surface area contributed by atoms with Crippen LogP contribution in [0.1, 0.15) is 60.4 Å². The number of benzene rings is 2. The molecule has 1 spiro atoms. The smallest absolute Gasteiger partial charge is 0.298 e. The van der Waals surface area contributed by atoms with Crippen LogP contribution in [0.25, 0.3) is 10.9 Å². The van der Waals surface area contributed by atoms with Crippen molar-refractivity contribution < 1.29 is 31.8 Å². The number of nitrogens with one attached hydrogen (secondary N) is 1. The van der Waals surface area contributed by atoms with Crippen molar-refractivity contribution in [2.75, 3.05) is 13.7 Å². The van der Waals surface area contributed by atoms with Gasteiger partial charge in [-0.25, -0.2) is 17.6 Å². The summed E-state index contributed by atoms with van der Waals surface area (Å²) in [7, 11) is 1.59. The number of halogens is 4. The predicted octanol–water partition coefficient (Wildman–Crippen LogP) is 6.71. The minimum absolute atomic E-state index is 0.0190. The molecular formula is C27H28F4N2O3. The van der Waals surface area contributed by atoms with Crippen molar-refractivity contribution in [2.45, 2.75) is 57.5 Å². The number of ether oxygens (including phenoxy) is 2. The molecule has 1 N–H and O–H groups in total. The highest BCUT2D eigenvalue weighted by Gasteiger charge is 2.58. The molecule has 192 valence electrons. The van der Waals surface area contributed by atoms with Crippen molar-refractivity contribution in [2.24, 2.45) is 5.41 Å². The van der Waals surface area contributed by atoms with E-state index in [1.807, 2.05) is 25.3 Å². The molecule has 1 aliphatic heterocycles. The Bertz CT molecular complexity index is 1280. The molecule has 1 aromatic heterocycles. The van der Waals surface area contributed by atoms with E-state index < -0.39 is 23.8 Å². The lowest BCUT2D eigenvalue weighted by atomic mass is 9.58. The van der Waals surface area contributed by atoms with Crippen molar-refractivity contribution in [3.63, 3.8) is 0 Å². The number of aromatic nitrogens is 1. The highest BCUT2D eigenvalue weighted by atomic mass is 19.3. The molecule has 2 heterocycles. The normalized spacial score (nSPS) is 21.0. The number of carbonyl (C=O) groups excluding carboxylic acids is 1. The summed E-state index contributed by atoms with van der Waals surface area (Å²) < 4.78 is 66.8. The van der Waals surface area contributed by atoms with Gasteiger partial charge in [-0.15, -0.1) is 0 Å². The van der Waals surface area contributed by atoms with E-state index >= 15 is 0 Å². The number of likely N-dealkylation sites (tertiary alicyclic amines) is 1. The molecule has 0 amide bonds. The average Bonchev–Trinajstić information content (AvgIpc) is 3.31. The molecule has 2 aliphatic rings. The summed E-state index contributed by atoms with van der Waals surface area (Å²) in [4.78, 5) is 16.1. The molecule has 0 unspecified atom stereocenters. The lowest BCUT2D eigenvalue weighted by molar-refractivity contribution is -0.186. The molecule has 3 aromatic rings. The molecule has 2 aromatic carbocycles. The van der Waals surface area contributed by atoms with Gasteiger partial charge in [0.05, 0.1) is 7.11 Å². The van der Waals surface area contributed by atoms with Crippen LogP contribution in [0.5, 0.6) is 11.5 Å². The number of hydrogen-bond acceptors (Lipinski definition) is 4. The fraction of sp³-hybridized carbons (Fsp3) is 0.444. The van der Waals surface area contributed by atoms with Crippen molar-refractivity contribution in [1.82, 2.24) is 9.88 Å². The molecule has 36 heavy (non-hydrogen) atoms. The zero-order valence-electron chi connectivity index (χ0n) is 20.1. The van der Waals surface area contributed by atoms with E-state index in [-0.39, 0.29) is 30.6 Å². The summed E-state index contributed by atoms with van der Waals surface area (Å²) in [5.41, 5.74) is 2.44. The van der Waals surface area contributed by atoms with Gasteiger partial charge in [0.25, 0.3) is 12.9 Å². The first kappa shape index (κ1) is 24.6. The van der Waals surface area contributed by atoms with E-state index in [4.69, 9.17) is 9.47 Å². The van der Waals surface area contributed by atoms with Crippen LogP contribution >= 0.6 is 0 Å². The molecule has 1 atom stereocenters. The van der Waals surface area contributed by atoms with Gasteiger partial charge in [-0.05, 0) is 67.1 Å². The number of aromatic amines is 1. The average molecular weight is 505 g/mol. The van der Waals surface area contributed by atoms with Crippen LogP contribution in [0, 0.1) is 12.3 Å². The van der Waals surface area contributed by atoms with Crippen LogP contribution < -0.4 is 9.47 Å². The summed E-state index contributed by atoms with van der Waals surface area (Å²) >= 11 is 0. The first-order chi connectivity index (χ1) is 17.1. The second-order valence-corrected chi connectivity index (χ2v) is 10.1. The Kier molecular flexibility index (Phi) is 6.22. The number of methoxy groups -OCH3 is 1. The maximum Gasteiger partial charge on any atom is 0.298 e. The van der Waals surface area contributed by atoms with E-state index in [1.165, 1.54) is 18.2 Å². The van der Waals surface area contributed by atoms with Crippen molar-refractivity contribution >= 4 is 17.4 Å². The van der Waals surface area contributed by atoms with Crippen LogP contribution in [0.2, 0.25) is 0 Å². The zero-order chi connectivity index (χ0) is 25.7. The Labute approximate surface area is 206 Å². The predicted molar refractivity (Wildman–Crippen MR) is 127 cm³/mol. The number of alkyl halides is 4. The Morgan fingerprint density at radius 2 is 2.00 bits per heavy atom.